The first kappa shape index (κ1) is 23.2. The van der Waals surface area contributed by atoms with Gasteiger partial charge in [0.25, 0.3) is 5.56 Å². The summed E-state index contributed by atoms with van der Waals surface area (Å²) in [6.07, 6.45) is 0.644. The predicted octanol–water partition coefficient (Wildman–Crippen LogP) is 3.05. The molecule has 1 fully saturated rings. The van der Waals surface area contributed by atoms with Gasteiger partial charge in [0.15, 0.2) is 0 Å². The van der Waals surface area contributed by atoms with Crippen molar-refractivity contribution >= 4 is 23.3 Å². The fraction of sp³-hybridized carbons (Fsp3) is 0.381. The van der Waals surface area contributed by atoms with Gasteiger partial charge in [0.2, 0.25) is 0 Å². The third kappa shape index (κ3) is 5.61. The number of hydrogen-bond acceptors (Lipinski definition) is 5. The van der Waals surface area contributed by atoms with Crippen molar-refractivity contribution in [2.45, 2.75) is 19.3 Å². The standard InChI is InChI=1S/C21H22F3N5O.ClH/c22-21(23,24)19-4-3-17-18(26-19)5-7-29(20(17)30)13-12-27-8-10-28(11-9-27)15-16-2-1-6-25-14-16;/h1-7,14H,8-13,15H2;1H. The maximum absolute atomic E-state index is 12.8. The lowest BCUT2D eigenvalue weighted by atomic mass is 10.2. The zero-order valence-corrected chi connectivity index (χ0v) is 17.6. The van der Waals surface area contributed by atoms with Crippen molar-refractivity contribution in [1.82, 2.24) is 24.3 Å². The number of aromatic nitrogens is 3. The molecule has 0 unspecified atom stereocenters. The molecule has 31 heavy (non-hydrogen) atoms. The molecule has 0 bridgehead atoms. The number of hydrogen-bond donors (Lipinski definition) is 0. The lowest BCUT2D eigenvalue weighted by Gasteiger charge is -2.34. The maximum Gasteiger partial charge on any atom is 0.433 e. The molecule has 0 atom stereocenters. The monoisotopic (exact) mass is 453 g/mol. The van der Waals surface area contributed by atoms with Gasteiger partial charge in [-0.05, 0) is 29.8 Å². The number of piperazine rings is 1. The maximum atomic E-state index is 12.8. The average Bonchev–Trinajstić information content (AvgIpc) is 2.74. The highest BCUT2D eigenvalue weighted by atomic mass is 35.5. The Labute approximate surface area is 183 Å². The topological polar surface area (TPSA) is 54.3 Å². The first-order valence-corrected chi connectivity index (χ1v) is 9.81. The minimum atomic E-state index is -4.53. The van der Waals surface area contributed by atoms with E-state index >= 15 is 0 Å². The molecular weight excluding hydrogens is 431 g/mol. The molecule has 6 nitrogen and oxygen atoms in total. The highest BCUT2D eigenvalue weighted by molar-refractivity contribution is 5.85. The molecule has 0 amide bonds. The number of pyridine rings is 3. The van der Waals surface area contributed by atoms with Gasteiger partial charge < -0.3 is 4.57 Å². The number of nitrogens with zero attached hydrogens (tertiary/aromatic N) is 5. The number of halogens is 4. The van der Waals surface area contributed by atoms with Crippen molar-refractivity contribution in [2.75, 3.05) is 32.7 Å². The molecule has 0 aromatic carbocycles. The largest absolute Gasteiger partial charge is 0.433 e. The summed E-state index contributed by atoms with van der Waals surface area (Å²) >= 11 is 0. The van der Waals surface area contributed by atoms with Crippen molar-refractivity contribution in [1.29, 1.82) is 0 Å². The highest BCUT2D eigenvalue weighted by Gasteiger charge is 2.32. The molecule has 3 aromatic heterocycles. The average molecular weight is 454 g/mol. The molecule has 0 spiro atoms. The van der Waals surface area contributed by atoms with Crippen LogP contribution in [-0.2, 0) is 19.3 Å². The molecular formula is C21H23ClF3N5O. The summed E-state index contributed by atoms with van der Waals surface area (Å²) in [6, 6.07) is 7.54. The SMILES string of the molecule is Cl.O=c1c2ccc(C(F)(F)F)nc2ccn1CCN1CCN(Cc2cccnc2)CC1. The minimum Gasteiger partial charge on any atom is -0.314 e. The van der Waals surface area contributed by atoms with Gasteiger partial charge in [-0.1, -0.05) is 6.07 Å². The Balaban J connectivity index is 0.00000272. The zero-order chi connectivity index (χ0) is 21.1. The van der Waals surface area contributed by atoms with Crippen molar-refractivity contribution in [3.63, 3.8) is 0 Å². The van der Waals surface area contributed by atoms with Gasteiger partial charge in [0.05, 0.1) is 10.9 Å². The molecule has 166 valence electrons. The molecule has 1 aliphatic heterocycles. The van der Waals surface area contributed by atoms with Crippen LogP contribution in [0.1, 0.15) is 11.3 Å². The fourth-order valence-electron chi connectivity index (χ4n) is 3.67. The molecule has 1 aliphatic rings. The second kappa shape index (κ2) is 9.76. The molecule has 0 aliphatic carbocycles. The molecule has 0 N–H and O–H groups in total. The van der Waals surface area contributed by atoms with E-state index in [9.17, 15) is 18.0 Å². The molecule has 0 saturated carbocycles. The van der Waals surface area contributed by atoms with E-state index in [-0.39, 0.29) is 28.9 Å². The molecule has 4 heterocycles. The van der Waals surface area contributed by atoms with Crippen molar-refractivity contribution in [2.24, 2.45) is 0 Å². The van der Waals surface area contributed by atoms with Gasteiger partial charge in [-0.3, -0.25) is 19.6 Å². The first-order chi connectivity index (χ1) is 14.4. The van der Waals surface area contributed by atoms with Gasteiger partial charge in [-0.2, -0.15) is 13.2 Å². The quantitative estimate of drug-likeness (QED) is 0.594. The Bertz CT molecular complexity index is 1070. The van der Waals surface area contributed by atoms with E-state index in [1.165, 1.54) is 23.9 Å². The summed E-state index contributed by atoms with van der Waals surface area (Å²) < 4.78 is 40.0. The van der Waals surface area contributed by atoms with Crippen LogP contribution in [-0.4, -0.2) is 57.1 Å². The van der Waals surface area contributed by atoms with Crippen LogP contribution in [0.25, 0.3) is 10.9 Å². The molecule has 3 aromatic rings. The molecule has 0 radical (unpaired) electrons. The van der Waals surface area contributed by atoms with Gasteiger partial charge >= 0.3 is 6.18 Å². The Hall–Kier alpha value is -2.49. The van der Waals surface area contributed by atoms with Gasteiger partial charge in [-0.25, -0.2) is 4.98 Å². The van der Waals surface area contributed by atoms with Crippen LogP contribution < -0.4 is 5.56 Å². The summed E-state index contributed by atoms with van der Waals surface area (Å²) in [5, 5.41) is 0.201. The Morgan fingerprint density at radius 2 is 1.71 bits per heavy atom. The Morgan fingerprint density at radius 3 is 2.39 bits per heavy atom. The van der Waals surface area contributed by atoms with E-state index in [0.29, 0.717) is 13.1 Å². The number of rotatable bonds is 5. The smallest absolute Gasteiger partial charge is 0.314 e. The predicted molar refractivity (Wildman–Crippen MR) is 114 cm³/mol. The molecule has 4 rings (SSSR count). The van der Waals surface area contributed by atoms with Crippen LogP contribution in [0.5, 0.6) is 0 Å². The zero-order valence-electron chi connectivity index (χ0n) is 16.8. The summed E-state index contributed by atoms with van der Waals surface area (Å²) in [6.45, 7) is 5.74. The third-order valence-electron chi connectivity index (χ3n) is 5.37. The number of alkyl halides is 3. The van der Waals surface area contributed by atoms with Gasteiger partial charge in [0, 0.05) is 64.4 Å². The Kier molecular flexibility index (Phi) is 7.30. The Morgan fingerprint density at radius 1 is 0.968 bits per heavy atom. The van der Waals surface area contributed by atoms with E-state index in [2.05, 4.69) is 25.8 Å². The summed E-state index contributed by atoms with van der Waals surface area (Å²) in [4.78, 5) is 25.0. The minimum absolute atomic E-state index is 0. The van der Waals surface area contributed by atoms with Gasteiger partial charge in [0.1, 0.15) is 5.69 Å². The summed E-state index contributed by atoms with van der Waals surface area (Å²) in [7, 11) is 0. The van der Waals surface area contributed by atoms with E-state index in [4.69, 9.17) is 0 Å². The third-order valence-corrected chi connectivity index (χ3v) is 5.37. The van der Waals surface area contributed by atoms with Crippen molar-refractivity contribution in [3.05, 3.63) is 70.5 Å². The van der Waals surface area contributed by atoms with Crippen LogP contribution in [0.15, 0.2) is 53.7 Å². The first-order valence-electron chi connectivity index (χ1n) is 9.81. The number of fused-ring (bicyclic) bond motifs is 1. The lowest BCUT2D eigenvalue weighted by molar-refractivity contribution is -0.140. The van der Waals surface area contributed by atoms with Crippen LogP contribution in [0.3, 0.4) is 0 Å². The van der Waals surface area contributed by atoms with E-state index in [1.807, 2.05) is 12.3 Å². The summed E-state index contributed by atoms with van der Waals surface area (Å²) in [5.41, 5.74) is -0.0497. The molecule has 10 heteroatoms. The van der Waals surface area contributed by atoms with Crippen molar-refractivity contribution in [3.8, 4) is 0 Å². The second-order valence-corrected chi connectivity index (χ2v) is 7.42. The van der Waals surface area contributed by atoms with Crippen LogP contribution in [0, 0.1) is 0 Å². The van der Waals surface area contributed by atoms with Crippen LogP contribution in [0.4, 0.5) is 13.2 Å². The van der Waals surface area contributed by atoms with Crippen molar-refractivity contribution < 1.29 is 13.2 Å². The second-order valence-electron chi connectivity index (χ2n) is 7.42. The fourth-order valence-corrected chi connectivity index (χ4v) is 3.67. The van der Waals surface area contributed by atoms with E-state index in [1.54, 1.807) is 10.8 Å². The molecule has 1 saturated heterocycles. The highest BCUT2D eigenvalue weighted by Crippen LogP contribution is 2.28. The van der Waals surface area contributed by atoms with E-state index < -0.39 is 11.9 Å². The lowest BCUT2D eigenvalue weighted by Crippen LogP contribution is -2.47. The summed E-state index contributed by atoms with van der Waals surface area (Å²) in [5.74, 6) is 0. The van der Waals surface area contributed by atoms with Gasteiger partial charge in [-0.15, -0.1) is 12.4 Å². The normalized spacial score (nSPS) is 15.7. The van der Waals surface area contributed by atoms with E-state index in [0.717, 1.165) is 38.8 Å². The van der Waals surface area contributed by atoms with Crippen LogP contribution >= 0.6 is 12.4 Å². The van der Waals surface area contributed by atoms with Crippen LogP contribution in [0.2, 0.25) is 0 Å².